The van der Waals surface area contributed by atoms with Crippen molar-refractivity contribution in [2.75, 3.05) is 0 Å². The molecule has 2 aromatic rings. The zero-order valence-electron chi connectivity index (χ0n) is 7.92. The van der Waals surface area contributed by atoms with Crippen LogP contribution in [0.25, 0.3) is 5.69 Å². The standard InChI is InChI=1S/C10H6Cl3FN2/c11-5-6-1-2-16(15-6)7-3-8(12)10(14)9(13)4-7/h1-4H,5H2. The average molecular weight is 280 g/mol. The number of alkyl halides is 1. The molecule has 6 heteroatoms. The molecule has 1 aromatic carbocycles. The highest BCUT2D eigenvalue weighted by atomic mass is 35.5. The molecule has 0 amide bonds. The van der Waals surface area contributed by atoms with E-state index >= 15 is 0 Å². The fourth-order valence-corrected chi connectivity index (χ4v) is 1.87. The van der Waals surface area contributed by atoms with Gasteiger partial charge in [-0.3, -0.25) is 0 Å². The number of benzene rings is 1. The third kappa shape index (κ3) is 2.17. The topological polar surface area (TPSA) is 17.8 Å². The van der Waals surface area contributed by atoms with Crippen LogP contribution in [0.4, 0.5) is 4.39 Å². The first-order valence-corrected chi connectivity index (χ1v) is 5.66. The Hall–Kier alpha value is -0.770. The third-order valence-corrected chi connectivity index (χ3v) is 2.84. The number of aromatic nitrogens is 2. The minimum Gasteiger partial charge on any atom is -0.241 e. The highest BCUT2D eigenvalue weighted by Gasteiger charge is 2.09. The molecule has 0 unspecified atom stereocenters. The van der Waals surface area contributed by atoms with Crippen molar-refractivity contribution in [2.45, 2.75) is 5.88 Å². The predicted molar refractivity (Wildman–Crippen MR) is 63.1 cm³/mol. The van der Waals surface area contributed by atoms with Crippen LogP contribution in [0.3, 0.4) is 0 Å². The van der Waals surface area contributed by atoms with E-state index in [0.717, 1.165) is 5.69 Å². The van der Waals surface area contributed by atoms with Gasteiger partial charge in [-0.2, -0.15) is 5.10 Å². The van der Waals surface area contributed by atoms with Gasteiger partial charge >= 0.3 is 0 Å². The Labute approximate surface area is 107 Å². The van der Waals surface area contributed by atoms with Gasteiger partial charge in [0.2, 0.25) is 0 Å². The minimum absolute atomic E-state index is 0.0366. The maximum atomic E-state index is 13.2. The van der Waals surface area contributed by atoms with Gasteiger partial charge in [0.05, 0.1) is 27.3 Å². The van der Waals surface area contributed by atoms with E-state index in [-0.39, 0.29) is 10.0 Å². The fraction of sp³-hybridized carbons (Fsp3) is 0.100. The van der Waals surface area contributed by atoms with Gasteiger partial charge in [-0.15, -0.1) is 11.6 Å². The molecule has 0 saturated carbocycles. The zero-order valence-corrected chi connectivity index (χ0v) is 10.2. The normalized spacial score (nSPS) is 10.8. The summed E-state index contributed by atoms with van der Waals surface area (Å²) in [4.78, 5) is 0. The van der Waals surface area contributed by atoms with Gasteiger partial charge in [0.25, 0.3) is 0 Å². The zero-order chi connectivity index (χ0) is 11.7. The van der Waals surface area contributed by atoms with Crippen molar-refractivity contribution < 1.29 is 4.39 Å². The van der Waals surface area contributed by atoms with E-state index in [1.54, 1.807) is 12.3 Å². The smallest absolute Gasteiger partial charge is 0.160 e. The van der Waals surface area contributed by atoms with E-state index in [9.17, 15) is 4.39 Å². The molecule has 1 aromatic heterocycles. The van der Waals surface area contributed by atoms with Crippen molar-refractivity contribution in [3.63, 3.8) is 0 Å². The van der Waals surface area contributed by atoms with Crippen LogP contribution in [0.2, 0.25) is 10.0 Å². The fourth-order valence-electron chi connectivity index (χ4n) is 1.25. The van der Waals surface area contributed by atoms with Crippen LogP contribution in [-0.2, 0) is 5.88 Å². The first-order chi connectivity index (χ1) is 7.61. The van der Waals surface area contributed by atoms with Crippen LogP contribution in [0.15, 0.2) is 24.4 Å². The van der Waals surface area contributed by atoms with Crippen LogP contribution in [0.5, 0.6) is 0 Å². The monoisotopic (exact) mass is 278 g/mol. The van der Waals surface area contributed by atoms with Crippen LogP contribution < -0.4 is 0 Å². The molecule has 16 heavy (non-hydrogen) atoms. The molecule has 1 heterocycles. The van der Waals surface area contributed by atoms with Crippen LogP contribution >= 0.6 is 34.8 Å². The lowest BCUT2D eigenvalue weighted by molar-refractivity contribution is 0.628. The first-order valence-electron chi connectivity index (χ1n) is 4.37. The lowest BCUT2D eigenvalue weighted by Gasteiger charge is -2.04. The van der Waals surface area contributed by atoms with E-state index in [1.807, 2.05) is 0 Å². The summed E-state index contributed by atoms with van der Waals surface area (Å²) in [5.74, 6) is -0.313. The average Bonchev–Trinajstić information content (AvgIpc) is 2.73. The number of nitrogens with zero attached hydrogens (tertiary/aromatic N) is 2. The van der Waals surface area contributed by atoms with Gasteiger partial charge in [0.1, 0.15) is 0 Å². The van der Waals surface area contributed by atoms with Crippen molar-refractivity contribution >= 4 is 34.8 Å². The maximum absolute atomic E-state index is 13.2. The van der Waals surface area contributed by atoms with E-state index in [4.69, 9.17) is 34.8 Å². The van der Waals surface area contributed by atoms with Crippen molar-refractivity contribution in [3.8, 4) is 5.69 Å². The summed E-state index contributed by atoms with van der Waals surface area (Å²) in [6.07, 6.45) is 1.71. The van der Waals surface area contributed by atoms with Crippen molar-refractivity contribution in [3.05, 3.63) is 46.0 Å². The molecule has 84 valence electrons. The van der Waals surface area contributed by atoms with Gasteiger partial charge in [0, 0.05) is 6.20 Å². The van der Waals surface area contributed by atoms with Gasteiger partial charge in [0.15, 0.2) is 5.82 Å². The lowest BCUT2D eigenvalue weighted by atomic mass is 10.3. The van der Waals surface area contributed by atoms with E-state index in [1.165, 1.54) is 16.8 Å². The summed E-state index contributed by atoms with van der Waals surface area (Å²) in [7, 11) is 0. The molecule has 0 aliphatic carbocycles. The quantitative estimate of drug-likeness (QED) is 0.599. The number of rotatable bonds is 2. The van der Waals surface area contributed by atoms with Crippen molar-refractivity contribution in [1.29, 1.82) is 0 Å². The van der Waals surface area contributed by atoms with E-state index in [0.29, 0.717) is 11.6 Å². The minimum atomic E-state index is -0.628. The molecule has 2 nitrogen and oxygen atoms in total. The SMILES string of the molecule is Fc1c(Cl)cc(-n2ccc(CCl)n2)cc1Cl. The summed E-state index contributed by atoms with van der Waals surface area (Å²) < 4.78 is 14.7. The Kier molecular flexibility index (Phi) is 3.38. The number of hydrogen-bond donors (Lipinski definition) is 0. The Morgan fingerprint density at radius 2 is 1.88 bits per heavy atom. The first kappa shape index (κ1) is 11.7. The van der Waals surface area contributed by atoms with Crippen LogP contribution in [0.1, 0.15) is 5.69 Å². The molecular weight excluding hydrogens is 273 g/mol. The predicted octanol–water partition coefficient (Wildman–Crippen LogP) is 4.06. The maximum Gasteiger partial charge on any atom is 0.160 e. The highest BCUT2D eigenvalue weighted by molar-refractivity contribution is 6.35. The summed E-state index contributed by atoms with van der Waals surface area (Å²) in [5.41, 5.74) is 1.31. The van der Waals surface area contributed by atoms with Crippen molar-refractivity contribution in [2.24, 2.45) is 0 Å². The summed E-state index contributed by atoms with van der Waals surface area (Å²) >= 11 is 17.0. The second-order valence-electron chi connectivity index (χ2n) is 3.11. The van der Waals surface area contributed by atoms with Crippen LogP contribution in [-0.4, -0.2) is 9.78 Å². The Morgan fingerprint density at radius 1 is 1.25 bits per heavy atom. The molecule has 0 atom stereocenters. The summed E-state index contributed by atoms with van der Waals surface area (Å²) in [6.45, 7) is 0. The molecule has 0 aliphatic heterocycles. The second-order valence-corrected chi connectivity index (χ2v) is 4.19. The summed E-state index contributed by atoms with van der Waals surface area (Å²) in [5, 5.41) is 4.08. The highest BCUT2D eigenvalue weighted by Crippen LogP contribution is 2.26. The number of hydrogen-bond acceptors (Lipinski definition) is 1. The number of halogens is 4. The lowest BCUT2D eigenvalue weighted by Crippen LogP contribution is -1.96. The van der Waals surface area contributed by atoms with E-state index < -0.39 is 5.82 Å². The third-order valence-electron chi connectivity index (χ3n) is 2.01. The largest absolute Gasteiger partial charge is 0.241 e. The van der Waals surface area contributed by atoms with Crippen LogP contribution in [0, 0.1) is 5.82 Å². The Balaban J connectivity index is 2.48. The van der Waals surface area contributed by atoms with Crippen molar-refractivity contribution in [1.82, 2.24) is 9.78 Å². The molecule has 2 rings (SSSR count). The van der Waals surface area contributed by atoms with Gasteiger partial charge in [-0.05, 0) is 18.2 Å². The Bertz CT molecular complexity index is 502. The van der Waals surface area contributed by atoms with E-state index in [2.05, 4.69) is 5.10 Å². The second kappa shape index (κ2) is 4.62. The van der Waals surface area contributed by atoms with Gasteiger partial charge in [-0.1, -0.05) is 23.2 Å². The Morgan fingerprint density at radius 3 is 2.38 bits per heavy atom. The molecule has 0 bridgehead atoms. The molecular formula is C10H6Cl3FN2. The summed E-state index contributed by atoms with van der Waals surface area (Å²) in [6, 6.07) is 4.67. The molecule has 0 spiro atoms. The molecule has 0 aliphatic rings. The van der Waals surface area contributed by atoms with Gasteiger partial charge in [-0.25, -0.2) is 9.07 Å². The molecule has 0 saturated heterocycles. The molecule has 0 N–H and O–H groups in total. The van der Waals surface area contributed by atoms with Gasteiger partial charge < -0.3 is 0 Å². The molecule has 0 fully saturated rings. The molecule has 0 radical (unpaired) electrons.